The van der Waals surface area contributed by atoms with Crippen molar-refractivity contribution in [3.05, 3.63) is 72.3 Å². The molecule has 0 aromatic heterocycles. The number of benzene rings is 2. The van der Waals surface area contributed by atoms with Crippen LogP contribution >= 0.6 is 0 Å². The van der Waals surface area contributed by atoms with E-state index in [1.807, 2.05) is 18.2 Å². The van der Waals surface area contributed by atoms with Gasteiger partial charge in [0, 0.05) is 55.3 Å². The Morgan fingerprint density at radius 1 is 0.893 bits per heavy atom. The molecule has 3 amide bonds. The number of amides is 3. The lowest BCUT2D eigenvalue weighted by atomic mass is 10.2. The van der Waals surface area contributed by atoms with Crippen molar-refractivity contribution >= 4 is 29.1 Å². The second-order valence-corrected chi connectivity index (χ2v) is 6.42. The molecule has 1 heterocycles. The van der Waals surface area contributed by atoms with Gasteiger partial charge >= 0.3 is 0 Å². The summed E-state index contributed by atoms with van der Waals surface area (Å²) >= 11 is 0. The van der Waals surface area contributed by atoms with Gasteiger partial charge in [0.1, 0.15) is 0 Å². The number of piperazine rings is 1. The van der Waals surface area contributed by atoms with Crippen LogP contribution in [-0.2, 0) is 9.59 Å². The summed E-state index contributed by atoms with van der Waals surface area (Å²) < 4.78 is 0. The predicted molar refractivity (Wildman–Crippen MR) is 108 cm³/mol. The van der Waals surface area contributed by atoms with E-state index < -0.39 is 11.8 Å². The van der Waals surface area contributed by atoms with Gasteiger partial charge in [0.15, 0.2) is 0 Å². The van der Waals surface area contributed by atoms with Crippen LogP contribution in [0.3, 0.4) is 0 Å². The molecule has 0 bridgehead atoms. The molecule has 2 aromatic carbocycles. The van der Waals surface area contributed by atoms with Crippen molar-refractivity contribution < 1.29 is 14.4 Å². The summed E-state index contributed by atoms with van der Waals surface area (Å²) in [5, 5.41) is 2.61. The standard InChI is InChI=1S/C21H22N4O3/c22-21(28)16-5-4-6-17(15-16)23-19(26)9-10-20(27)25-13-11-24(12-14-25)18-7-2-1-3-8-18/h1-10,15H,11-14H2,(H2,22,28)(H,23,26)/b10-9-. The number of hydrogen-bond donors (Lipinski definition) is 2. The molecule has 1 aliphatic rings. The highest BCUT2D eigenvalue weighted by Gasteiger charge is 2.19. The maximum Gasteiger partial charge on any atom is 0.248 e. The van der Waals surface area contributed by atoms with E-state index in [1.165, 1.54) is 18.2 Å². The fraction of sp³-hybridized carbons (Fsp3) is 0.190. The Morgan fingerprint density at radius 2 is 1.61 bits per heavy atom. The van der Waals surface area contributed by atoms with Gasteiger partial charge in [-0.1, -0.05) is 24.3 Å². The van der Waals surface area contributed by atoms with Crippen LogP contribution in [0.4, 0.5) is 11.4 Å². The first-order valence-electron chi connectivity index (χ1n) is 9.01. The Kier molecular flexibility index (Phi) is 6.06. The monoisotopic (exact) mass is 378 g/mol. The minimum atomic E-state index is -0.573. The topological polar surface area (TPSA) is 95.7 Å². The molecule has 0 aliphatic carbocycles. The molecule has 1 aliphatic heterocycles. The smallest absolute Gasteiger partial charge is 0.248 e. The van der Waals surface area contributed by atoms with Gasteiger partial charge in [0.05, 0.1) is 0 Å². The fourth-order valence-electron chi connectivity index (χ4n) is 3.01. The largest absolute Gasteiger partial charge is 0.368 e. The number of nitrogens with one attached hydrogen (secondary N) is 1. The molecule has 7 nitrogen and oxygen atoms in total. The van der Waals surface area contributed by atoms with E-state index in [0.717, 1.165) is 18.8 Å². The molecule has 28 heavy (non-hydrogen) atoms. The summed E-state index contributed by atoms with van der Waals surface area (Å²) in [5.41, 5.74) is 7.10. The lowest BCUT2D eigenvalue weighted by Crippen LogP contribution is -2.48. The predicted octanol–water partition coefficient (Wildman–Crippen LogP) is 1.63. The summed E-state index contributed by atoms with van der Waals surface area (Å²) in [6, 6.07) is 16.4. The number of nitrogens with zero attached hydrogens (tertiary/aromatic N) is 2. The average Bonchev–Trinajstić information content (AvgIpc) is 2.73. The molecule has 2 aromatic rings. The van der Waals surface area contributed by atoms with Crippen molar-refractivity contribution in [1.29, 1.82) is 0 Å². The Hall–Kier alpha value is -3.61. The van der Waals surface area contributed by atoms with E-state index in [4.69, 9.17) is 5.73 Å². The van der Waals surface area contributed by atoms with Crippen LogP contribution < -0.4 is 16.0 Å². The number of rotatable bonds is 5. The fourth-order valence-corrected chi connectivity index (χ4v) is 3.01. The summed E-state index contributed by atoms with van der Waals surface area (Å²) in [7, 11) is 0. The Morgan fingerprint density at radius 3 is 2.29 bits per heavy atom. The van der Waals surface area contributed by atoms with Crippen molar-refractivity contribution in [3.63, 3.8) is 0 Å². The van der Waals surface area contributed by atoms with Crippen molar-refractivity contribution in [2.24, 2.45) is 5.73 Å². The number of hydrogen-bond acceptors (Lipinski definition) is 4. The van der Waals surface area contributed by atoms with Crippen LogP contribution in [0.15, 0.2) is 66.7 Å². The second-order valence-electron chi connectivity index (χ2n) is 6.42. The minimum Gasteiger partial charge on any atom is -0.368 e. The van der Waals surface area contributed by atoms with Gasteiger partial charge in [0.2, 0.25) is 17.7 Å². The lowest BCUT2D eigenvalue weighted by Gasteiger charge is -2.35. The Labute approximate surface area is 163 Å². The molecule has 0 saturated carbocycles. The van der Waals surface area contributed by atoms with Crippen molar-refractivity contribution in [1.82, 2.24) is 4.90 Å². The summed E-state index contributed by atoms with van der Waals surface area (Å²) in [6.45, 7) is 2.69. The molecule has 3 rings (SSSR count). The number of carbonyl (C=O) groups excluding carboxylic acids is 3. The molecule has 1 saturated heterocycles. The van der Waals surface area contributed by atoms with E-state index in [-0.39, 0.29) is 5.91 Å². The second kappa shape index (κ2) is 8.85. The van der Waals surface area contributed by atoms with Crippen molar-refractivity contribution in [3.8, 4) is 0 Å². The van der Waals surface area contributed by atoms with Gasteiger partial charge < -0.3 is 20.9 Å². The molecule has 0 spiro atoms. The van der Waals surface area contributed by atoms with Crippen molar-refractivity contribution in [2.45, 2.75) is 0 Å². The zero-order valence-corrected chi connectivity index (χ0v) is 15.4. The number of carbonyl (C=O) groups is 3. The van der Waals surface area contributed by atoms with Gasteiger partial charge in [-0.05, 0) is 30.3 Å². The maximum absolute atomic E-state index is 12.3. The highest BCUT2D eigenvalue weighted by Crippen LogP contribution is 2.15. The molecular formula is C21H22N4O3. The number of anilines is 2. The SMILES string of the molecule is NC(=O)c1cccc(NC(=O)/C=C\C(=O)N2CCN(c3ccccc3)CC2)c1. The molecule has 144 valence electrons. The summed E-state index contributed by atoms with van der Waals surface area (Å²) in [5.74, 6) is -1.22. The van der Waals surface area contributed by atoms with Crippen molar-refractivity contribution in [2.75, 3.05) is 36.4 Å². The maximum atomic E-state index is 12.3. The third-order valence-corrected chi connectivity index (χ3v) is 4.50. The number of nitrogens with two attached hydrogens (primary N) is 1. The van der Waals surface area contributed by atoms with Gasteiger partial charge in [-0.25, -0.2) is 0 Å². The molecule has 1 fully saturated rings. The summed E-state index contributed by atoms with van der Waals surface area (Å²) in [6.07, 6.45) is 2.47. The average molecular weight is 378 g/mol. The molecule has 3 N–H and O–H groups in total. The minimum absolute atomic E-state index is 0.200. The number of primary amides is 1. The van der Waals surface area contributed by atoms with E-state index >= 15 is 0 Å². The zero-order valence-electron chi connectivity index (χ0n) is 15.4. The third-order valence-electron chi connectivity index (χ3n) is 4.50. The Balaban J connectivity index is 1.50. The highest BCUT2D eigenvalue weighted by atomic mass is 16.2. The van der Waals surface area contributed by atoms with Gasteiger partial charge in [-0.15, -0.1) is 0 Å². The molecule has 0 atom stereocenters. The van der Waals surface area contributed by atoms with Gasteiger partial charge in [0.25, 0.3) is 0 Å². The molecule has 0 radical (unpaired) electrons. The van der Waals surface area contributed by atoms with Crippen LogP contribution in [-0.4, -0.2) is 48.8 Å². The van der Waals surface area contributed by atoms with Crippen LogP contribution in [0.25, 0.3) is 0 Å². The van der Waals surface area contributed by atoms with E-state index in [9.17, 15) is 14.4 Å². The molecular weight excluding hydrogens is 356 g/mol. The van der Waals surface area contributed by atoms with Crippen LogP contribution in [0, 0.1) is 0 Å². The molecule has 0 unspecified atom stereocenters. The molecule has 7 heteroatoms. The van der Waals surface area contributed by atoms with Crippen LogP contribution in [0.2, 0.25) is 0 Å². The first kappa shape index (κ1) is 19.2. The first-order valence-corrected chi connectivity index (χ1v) is 9.01. The highest BCUT2D eigenvalue weighted by molar-refractivity contribution is 6.04. The van der Waals surface area contributed by atoms with Crippen LogP contribution in [0.5, 0.6) is 0 Å². The van der Waals surface area contributed by atoms with E-state index in [0.29, 0.717) is 24.3 Å². The normalized spacial score (nSPS) is 14.1. The summed E-state index contributed by atoms with van der Waals surface area (Å²) in [4.78, 5) is 39.5. The first-order chi connectivity index (χ1) is 13.5. The third kappa shape index (κ3) is 4.97. The Bertz CT molecular complexity index is 888. The zero-order chi connectivity index (χ0) is 19.9. The lowest BCUT2D eigenvalue weighted by molar-refractivity contribution is -0.126. The number of para-hydroxylation sites is 1. The quantitative estimate of drug-likeness (QED) is 0.773. The van der Waals surface area contributed by atoms with E-state index in [1.54, 1.807) is 23.1 Å². The van der Waals surface area contributed by atoms with E-state index in [2.05, 4.69) is 22.3 Å². The van der Waals surface area contributed by atoms with Gasteiger partial charge in [-0.3, -0.25) is 14.4 Å². The van der Waals surface area contributed by atoms with Gasteiger partial charge in [-0.2, -0.15) is 0 Å². The van der Waals surface area contributed by atoms with Crippen LogP contribution in [0.1, 0.15) is 10.4 Å².